The minimum absolute atomic E-state index is 0.100. The Kier molecular flexibility index (Phi) is 3.18. The van der Waals surface area contributed by atoms with Crippen LogP contribution in [0, 0.1) is 34.5 Å². The van der Waals surface area contributed by atoms with Gasteiger partial charge >= 0.3 is 0 Å². The van der Waals surface area contributed by atoms with Crippen LogP contribution in [0.3, 0.4) is 0 Å². The molecule has 4 aliphatic carbocycles. The molecular weight excluding hydrogens is 272 g/mol. The number of aliphatic hydroxyl groups excluding tert-OH is 1. The molecule has 4 aliphatic rings. The summed E-state index contributed by atoms with van der Waals surface area (Å²) in [6, 6.07) is 0. The molecule has 0 bridgehead atoms. The molecule has 22 heavy (non-hydrogen) atoms. The quantitative estimate of drug-likeness (QED) is 0.683. The zero-order valence-corrected chi connectivity index (χ0v) is 14.3. The maximum Gasteiger partial charge on any atom is 0.136 e. The first kappa shape index (κ1) is 14.9. The summed E-state index contributed by atoms with van der Waals surface area (Å²) in [6.07, 6.45) is 9.47. The van der Waals surface area contributed by atoms with Crippen LogP contribution < -0.4 is 0 Å². The van der Waals surface area contributed by atoms with Gasteiger partial charge in [-0.15, -0.1) is 0 Å². The van der Waals surface area contributed by atoms with Gasteiger partial charge in [-0.1, -0.05) is 32.4 Å². The van der Waals surface area contributed by atoms with E-state index in [1.165, 1.54) is 24.8 Å². The molecule has 0 aliphatic heterocycles. The van der Waals surface area contributed by atoms with Gasteiger partial charge in [0.15, 0.2) is 0 Å². The van der Waals surface area contributed by atoms with Gasteiger partial charge in [-0.2, -0.15) is 0 Å². The van der Waals surface area contributed by atoms with Crippen molar-refractivity contribution in [3.05, 3.63) is 11.6 Å². The van der Waals surface area contributed by atoms with Gasteiger partial charge in [0.25, 0.3) is 0 Å². The fourth-order valence-electron chi connectivity index (χ4n) is 6.81. The van der Waals surface area contributed by atoms with Crippen molar-refractivity contribution in [1.82, 2.24) is 0 Å². The van der Waals surface area contributed by atoms with E-state index in [-0.39, 0.29) is 16.9 Å². The Morgan fingerprint density at radius 1 is 1.14 bits per heavy atom. The Bertz CT molecular complexity index is 536. The number of hydrogen-bond acceptors (Lipinski definition) is 2. The largest absolute Gasteiger partial charge is 0.393 e. The highest BCUT2D eigenvalue weighted by Gasteiger charge is 2.59. The number of carbonyl (C=O) groups is 1. The molecule has 0 amide bonds. The van der Waals surface area contributed by atoms with Crippen LogP contribution in [0.25, 0.3) is 0 Å². The van der Waals surface area contributed by atoms with Crippen LogP contribution in [0.5, 0.6) is 0 Å². The number of aliphatic hydroxyl groups is 1. The predicted octanol–water partition coefficient (Wildman–Crippen LogP) is 4.13. The van der Waals surface area contributed by atoms with Crippen molar-refractivity contribution in [3.8, 4) is 0 Å². The smallest absolute Gasteiger partial charge is 0.136 e. The second kappa shape index (κ2) is 4.69. The summed E-state index contributed by atoms with van der Waals surface area (Å²) in [7, 11) is 0. The topological polar surface area (TPSA) is 37.3 Å². The number of Topliss-reactive ketones (excluding diaryl/α,β-unsaturated/α-hetero) is 1. The van der Waals surface area contributed by atoms with Crippen molar-refractivity contribution in [2.45, 2.75) is 71.8 Å². The number of hydrogen-bond donors (Lipinski definition) is 1. The number of ketones is 1. The van der Waals surface area contributed by atoms with E-state index in [0.29, 0.717) is 30.0 Å². The lowest BCUT2D eigenvalue weighted by Gasteiger charge is -2.58. The van der Waals surface area contributed by atoms with Crippen molar-refractivity contribution in [2.24, 2.45) is 34.5 Å². The summed E-state index contributed by atoms with van der Waals surface area (Å²) in [6.45, 7) is 7.13. The molecule has 0 heterocycles. The van der Waals surface area contributed by atoms with Crippen LogP contribution in [0.4, 0.5) is 0 Å². The summed E-state index contributed by atoms with van der Waals surface area (Å²) < 4.78 is 0. The number of carbonyl (C=O) groups excluding carboxylic acids is 1. The van der Waals surface area contributed by atoms with E-state index in [1.54, 1.807) is 0 Å². The SMILES string of the molecule is CC1C=C2CC(=O)CC[C@]2(C)[C@@H]2CC[C@]3(C)C(O)CC[C@H]3[C@H]12. The first-order valence-electron chi connectivity index (χ1n) is 9.27. The molecule has 4 rings (SSSR count). The Hall–Kier alpha value is -0.630. The molecule has 1 N–H and O–H groups in total. The lowest BCUT2D eigenvalue weighted by molar-refractivity contribution is -0.123. The van der Waals surface area contributed by atoms with E-state index in [0.717, 1.165) is 25.2 Å². The summed E-state index contributed by atoms with van der Waals surface area (Å²) >= 11 is 0. The van der Waals surface area contributed by atoms with E-state index < -0.39 is 0 Å². The van der Waals surface area contributed by atoms with Gasteiger partial charge in [-0.05, 0) is 66.6 Å². The van der Waals surface area contributed by atoms with Crippen molar-refractivity contribution in [2.75, 3.05) is 0 Å². The Labute approximate surface area is 134 Å². The third-order valence-corrected chi connectivity index (χ3v) is 8.22. The average molecular weight is 302 g/mol. The molecule has 0 aromatic carbocycles. The highest BCUT2D eigenvalue weighted by molar-refractivity contribution is 5.82. The second-order valence-corrected chi connectivity index (χ2v) is 9.11. The fourth-order valence-corrected chi connectivity index (χ4v) is 6.81. The van der Waals surface area contributed by atoms with Gasteiger partial charge in [-0.3, -0.25) is 4.79 Å². The molecule has 7 atom stereocenters. The van der Waals surface area contributed by atoms with Gasteiger partial charge in [0.1, 0.15) is 5.78 Å². The van der Waals surface area contributed by atoms with Crippen LogP contribution in [0.15, 0.2) is 11.6 Å². The molecule has 3 fully saturated rings. The number of rotatable bonds is 0. The van der Waals surface area contributed by atoms with Gasteiger partial charge in [0, 0.05) is 12.8 Å². The molecule has 2 unspecified atom stereocenters. The van der Waals surface area contributed by atoms with E-state index >= 15 is 0 Å². The standard InChI is InChI=1S/C20H30O2/c1-12-10-13-11-14(21)6-8-19(13,2)16-7-9-20(3)15(18(12)16)4-5-17(20)22/h10,12,15-18,22H,4-9,11H2,1-3H3/t12?,15-,16+,17?,18-,19-,20-/m0/s1. The number of allylic oxidation sites excluding steroid dienone is 2. The van der Waals surface area contributed by atoms with Crippen molar-refractivity contribution < 1.29 is 9.90 Å². The zero-order valence-electron chi connectivity index (χ0n) is 14.3. The monoisotopic (exact) mass is 302 g/mol. The molecule has 2 heteroatoms. The third-order valence-electron chi connectivity index (χ3n) is 8.22. The fraction of sp³-hybridized carbons (Fsp3) is 0.850. The maximum absolute atomic E-state index is 11.9. The van der Waals surface area contributed by atoms with Crippen molar-refractivity contribution >= 4 is 5.78 Å². The first-order valence-corrected chi connectivity index (χ1v) is 9.27. The van der Waals surface area contributed by atoms with E-state index in [9.17, 15) is 9.90 Å². The van der Waals surface area contributed by atoms with E-state index in [4.69, 9.17) is 0 Å². The molecule has 2 nitrogen and oxygen atoms in total. The van der Waals surface area contributed by atoms with Crippen LogP contribution >= 0.6 is 0 Å². The molecule has 3 saturated carbocycles. The van der Waals surface area contributed by atoms with Gasteiger partial charge in [0.05, 0.1) is 6.10 Å². The molecule has 122 valence electrons. The van der Waals surface area contributed by atoms with E-state index in [2.05, 4.69) is 26.8 Å². The molecule has 0 saturated heterocycles. The van der Waals surface area contributed by atoms with Gasteiger partial charge in [0.2, 0.25) is 0 Å². The predicted molar refractivity (Wildman–Crippen MR) is 87.3 cm³/mol. The van der Waals surface area contributed by atoms with Crippen molar-refractivity contribution in [3.63, 3.8) is 0 Å². The molecule has 0 spiro atoms. The third kappa shape index (κ3) is 1.79. The molecule has 0 radical (unpaired) electrons. The summed E-state index contributed by atoms with van der Waals surface area (Å²) in [5, 5.41) is 10.5. The minimum Gasteiger partial charge on any atom is -0.393 e. The average Bonchev–Trinajstić information content (AvgIpc) is 2.77. The second-order valence-electron chi connectivity index (χ2n) is 9.11. The minimum atomic E-state index is -0.100. The number of fused-ring (bicyclic) bond motifs is 5. The maximum atomic E-state index is 11.9. The Morgan fingerprint density at radius 3 is 2.68 bits per heavy atom. The Balaban J connectivity index is 1.74. The molecular formula is C20H30O2. The Morgan fingerprint density at radius 2 is 1.91 bits per heavy atom. The molecule has 0 aromatic heterocycles. The highest BCUT2D eigenvalue weighted by atomic mass is 16.3. The van der Waals surface area contributed by atoms with Crippen LogP contribution in [0.1, 0.15) is 65.7 Å². The normalized spacial score (nSPS) is 54.3. The van der Waals surface area contributed by atoms with Crippen molar-refractivity contribution in [1.29, 1.82) is 0 Å². The lowest BCUT2D eigenvalue weighted by atomic mass is 9.46. The summed E-state index contributed by atoms with van der Waals surface area (Å²) in [4.78, 5) is 11.9. The molecule has 0 aromatic rings. The van der Waals surface area contributed by atoms with E-state index in [1.807, 2.05) is 0 Å². The highest BCUT2D eigenvalue weighted by Crippen LogP contribution is 2.65. The zero-order chi connectivity index (χ0) is 15.7. The first-order chi connectivity index (χ1) is 10.4. The van der Waals surface area contributed by atoms with Crippen LogP contribution in [-0.2, 0) is 4.79 Å². The summed E-state index contributed by atoms with van der Waals surface area (Å²) in [5.41, 5.74) is 1.83. The lowest BCUT2D eigenvalue weighted by Crippen LogP contribution is -2.53. The van der Waals surface area contributed by atoms with Crippen LogP contribution in [-0.4, -0.2) is 17.0 Å². The summed E-state index contributed by atoms with van der Waals surface area (Å²) in [5.74, 6) is 3.10. The van der Waals surface area contributed by atoms with Crippen LogP contribution in [0.2, 0.25) is 0 Å². The van der Waals surface area contributed by atoms with Gasteiger partial charge < -0.3 is 5.11 Å². The van der Waals surface area contributed by atoms with Gasteiger partial charge in [-0.25, -0.2) is 0 Å².